The van der Waals surface area contributed by atoms with Crippen molar-refractivity contribution >= 4 is 52.0 Å². The van der Waals surface area contributed by atoms with E-state index in [1.165, 1.54) is 24.3 Å². The molecule has 1 rings (SSSR count). The number of aliphatic hydroxyl groups is 1. The first-order valence-corrected chi connectivity index (χ1v) is 5.62. The Bertz CT molecular complexity index is 505. The lowest BCUT2D eigenvalue weighted by Crippen LogP contribution is -2.16. The van der Waals surface area contributed by atoms with Gasteiger partial charge in [-0.05, 0) is 12.1 Å². The second kappa shape index (κ2) is 5.56. The van der Waals surface area contributed by atoms with Crippen LogP contribution < -0.4 is 0 Å². The maximum atomic E-state index is 11.3. The van der Waals surface area contributed by atoms with Gasteiger partial charge in [-0.25, -0.2) is 0 Å². The number of nitro groups is 1. The minimum absolute atomic E-state index is 0.140. The first-order valence-electron chi connectivity index (χ1n) is 4.48. The van der Waals surface area contributed by atoms with Gasteiger partial charge < -0.3 is 5.11 Å². The summed E-state index contributed by atoms with van der Waals surface area (Å²) >= 11 is 16.0. The third kappa shape index (κ3) is 3.87. The van der Waals surface area contributed by atoms with Gasteiger partial charge in [0, 0.05) is 23.8 Å². The van der Waals surface area contributed by atoms with E-state index in [9.17, 15) is 20.0 Å². The van der Waals surface area contributed by atoms with E-state index < -0.39 is 20.3 Å². The summed E-state index contributed by atoms with van der Waals surface area (Å²) in [4.78, 5) is 21.1. The number of halogens is 3. The molecule has 0 saturated heterocycles. The molecule has 8 heteroatoms. The summed E-state index contributed by atoms with van der Waals surface area (Å²) < 4.78 is -2.16. The molecule has 0 heterocycles. The van der Waals surface area contributed by atoms with Crippen LogP contribution in [0, 0.1) is 10.1 Å². The average Bonchev–Trinajstić information content (AvgIpc) is 2.27. The van der Waals surface area contributed by atoms with Gasteiger partial charge in [0.15, 0.2) is 0 Å². The second-order valence-corrected chi connectivity index (χ2v) is 5.48. The topological polar surface area (TPSA) is 80.4 Å². The molecule has 0 fully saturated rings. The first-order chi connectivity index (χ1) is 8.21. The summed E-state index contributed by atoms with van der Waals surface area (Å²) in [5.74, 6) is -1.36. The van der Waals surface area contributed by atoms with Crippen molar-refractivity contribution in [1.82, 2.24) is 0 Å². The predicted octanol–water partition coefficient (Wildman–Crippen LogP) is 3.43. The Morgan fingerprint density at radius 2 is 1.78 bits per heavy atom. The van der Waals surface area contributed by atoms with E-state index in [0.29, 0.717) is 0 Å². The number of aliphatic hydroxyl groups excluding tert-OH is 1. The standard InChI is InChI=1S/C10H6Cl3NO4/c11-10(12,13)9(16)5-8(15)6-1-3-7(4-2-6)14(17)18/h1-5,15H/b8-5-. The zero-order valence-electron chi connectivity index (χ0n) is 8.64. The Morgan fingerprint density at radius 1 is 1.28 bits per heavy atom. The molecule has 1 N–H and O–H groups in total. The van der Waals surface area contributed by atoms with Gasteiger partial charge >= 0.3 is 0 Å². The Balaban J connectivity index is 2.98. The van der Waals surface area contributed by atoms with Crippen LogP contribution in [0.5, 0.6) is 0 Å². The van der Waals surface area contributed by atoms with Gasteiger partial charge in [0.05, 0.1) is 4.92 Å². The number of hydrogen-bond acceptors (Lipinski definition) is 4. The number of carbonyl (C=O) groups excluding carboxylic acids is 1. The summed E-state index contributed by atoms with van der Waals surface area (Å²) in [5, 5.41) is 20.0. The molecule has 0 aromatic heterocycles. The van der Waals surface area contributed by atoms with Gasteiger partial charge in [-0.15, -0.1) is 0 Å². The van der Waals surface area contributed by atoms with Gasteiger partial charge in [0.25, 0.3) is 9.48 Å². The molecular formula is C10H6Cl3NO4. The number of allylic oxidation sites excluding steroid dienone is 1. The molecule has 0 aliphatic rings. The van der Waals surface area contributed by atoms with Gasteiger partial charge in [0.2, 0.25) is 5.78 Å². The lowest BCUT2D eigenvalue weighted by molar-refractivity contribution is -0.384. The maximum absolute atomic E-state index is 11.3. The molecule has 96 valence electrons. The monoisotopic (exact) mass is 309 g/mol. The number of nitro benzene ring substituents is 1. The number of carbonyl (C=O) groups is 1. The Labute approximate surface area is 117 Å². The molecule has 1 aromatic rings. The van der Waals surface area contributed by atoms with Crippen molar-refractivity contribution in [2.45, 2.75) is 3.79 Å². The molecule has 0 amide bonds. The molecule has 0 bridgehead atoms. The summed E-state index contributed by atoms with van der Waals surface area (Å²) in [6.45, 7) is 0. The highest BCUT2D eigenvalue weighted by Crippen LogP contribution is 2.28. The molecule has 5 nitrogen and oxygen atoms in total. The van der Waals surface area contributed by atoms with Gasteiger partial charge in [0.1, 0.15) is 5.76 Å². The third-order valence-electron chi connectivity index (χ3n) is 1.92. The normalized spacial score (nSPS) is 12.3. The molecule has 0 aliphatic carbocycles. The van der Waals surface area contributed by atoms with Crippen molar-refractivity contribution < 1.29 is 14.8 Å². The SMILES string of the molecule is O=C(/C=C(\O)c1ccc([N+](=O)[O-])cc1)C(Cl)(Cl)Cl. The van der Waals surface area contributed by atoms with Crippen LogP contribution in [0.4, 0.5) is 5.69 Å². The number of nitrogens with zero attached hydrogens (tertiary/aromatic N) is 1. The van der Waals surface area contributed by atoms with Crippen LogP contribution in [0.1, 0.15) is 5.56 Å². The second-order valence-electron chi connectivity index (χ2n) is 3.20. The van der Waals surface area contributed by atoms with Gasteiger partial charge in [-0.3, -0.25) is 14.9 Å². The van der Waals surface area contributed by atoms with Crippen molar-refractivity contribution in [2.24, 2.45) is 0 Å². The van der Waals surface area contributed by atoms with Crippen molar-refractivity contribution in [3.05, 3.63) is 46.0 Å². The van der Waals surface area contributed by atoms with Crippen LogP contribution in [-0.2, 0) is 4.79 Å². The molecule has 0 unspecified atom stereocenters. The largest absolute Gasteiger partial charge is 0.507 e. The number of non-ortho nitro benzene ring substituents is 1. The van der Waals surface area contributed by atoms with E-state index >= 15 is 0 Å². The predicted molar refractivity (Wildman–Crippen MR) is 69.0 cm³/mol. The number of rotatable bonds is 3. The third-order valence-corrected chi connectivity index (χ3v) is 2.48. The van der Waals surface area contributed by atoms with Crippen LogP contribution in [0.25, 0.3) is 5.76 Å². The lowest BCUT2D eigenvalue weighted by Gasteiger charge is -2.06. The smallest absolute Gasteiger partial charge is 0.269 e. The molecule has 0 atom stereocenters. The van der Waals surface area contributed by atoms with Gasteiger partial charge in [-0.2, -0.15) is 0 Å². The van der Waals surface area contributed by atoms with E-state index in [4.69, 9.17) is 34.8 Å². The van der Waals surface area contributed by atoms with Crippen LogP contribution in [0.3, 0.4) is 0 Å². The lowest BCUT2D eigenvalue weighted by atomic mass is 10.1. The van der Waals surface area contributed by atoms with Crippen molar-refractivity contribution in [3.8, 4) is 0 Å². The number of ketones is 1. The van der Waals surface area contributed by atoms with E-state index in [0.717, 1.165) is 6.08 Å². The van der Waals surface area contributed by atoms with E-state index in [2.05, 4.69) is 0 Å². The number of benzene rings is 1. The van der Waals surface area contributed by atoms with Crippen molar-refractivity contribution in [1.29, 1.82) is 0 Å². The van der Waals surface area contributed by atoms with Crippen molar-refractivity contribution in [3.63, 3.8) is 0 Å². The summed E-state index contributed by atoms with van der Waals surface area (Å²) in [6, 6.07) is 4.91. The maximum Gasteiger partial charge on any atom is 0.269 e. The number of hydrogen-bond donors (Lipinski definition) is 1. The highest BCUT2D eigenvalue weighted by atomic mass is 35.6. The summed E-state index contributed by atoms with van der Waals surface area (Å²) in [5.41, 5.74) is 0.0578. The van der Waals surface area contributed by atoms with Crippen LogP contribution in [0.2, 0.25) is 0 Å². The fourth-order valence-electron chi connectivity index (χ4n) is 1.04. The molecule has 1 aromatic carbocycles. The van der Waals surface area contributed by atoms with Crippen LogP contribution in [-0.4, -0.2) is 19.6 Å². The summed E-state index contributed by atoms with van der Waals surface area (Å²) in [6.07, 6.45) is 0.744. The minimum Gasteiger partial charge on any atom is -0.507 e. The van der Waals surface area contributed by atoms with Gasteiger partial charge in [-0.1, -0.05) is 34.8 Å². The highest BCUT2D eigenvalue weighted by molar-refractivity contribution is 6.77. The number of alkyl halides is 3. The zero-order valence-corrected chi connectivity index (χ0v) is 10.9. The van der Waals surface area contributed by atoms with E-state index in [-0.39, 0.29) is 11.3 Å². The molecule has 0 aliphatic heterocycles. The zero-order chi connectivity index (χ0) is 13.9. The summed E-state index contributed by atoms with van der Waals surface area (Å²) in [7, 11) is 0. The minimum atomic E-state index is -2.16. The Kier molecular flexibility index (Phi) is 4.56. The Morgan fingerprint density at radius 3 is 2.17 bits per heavy atom. The molecular weight excluding hydrogens is 304 g/mol. The van der Waals surface area contributed by atoms with E-state index in [1.54, 1.807) is 0 Å². The molecule has 18 heavy (non-hydrogen) atoms. The fourth-order valence-corrected chi connectivity index (χ4v) is 1.21. The average molecular weight is 311 g/mol. The quantitative estimate of drug-likeness (QED) is 0.305. The van der Waals surface area contributed by atoms with Crippen LogP contribution >= 0.6 is 34.8 Å². The van der Waals surface area contributed by atoms with E-state index in [1.807, 2.05) is 0 Å². The van der Waals surface area contributed by atoms with Crippen molar-refractivity contribution in [2.75, 3.05) is 0 Å². The molecule has 0 spiro atoms. The first kappa shape index (κ1) is 14.8. The molecule has 0 radical (unpaired) electrons. The van der Waals surface area contributed by atoms with Crippen LogP contribution in [0.15, 0.2) is 30.3 Å². The Hall–Kier alpha value is -1.30. The molecule has 0 saturated carbocycles. The fraction of sp³-hybridized carbons (Fsp3) is 0.100. The highest BCUT2D eigenvalue weighted by Gasteiger charge is 2.29.